The van der Waals surface area contributed by atoms with Gasteiger partial charge in [-0.25, -0.2) is 0 Å². The van der Waals surface area contributed by atoms with E-state index in [4.69, 9.17) is 0 Å². The maximum Gasteiger partial charge on any atom is 0.0990 e. The SMILES string of the molecule is Sc1ccccc1N=Nc1ccccc1S. The summed E-state index contributed by atoms with van der Waals surface area (Å²) in [5, 5.41) is 8.27. The number of azo groups is 1. The topological polar surface area (TPSA) is 24.7 Å². The van der Waals surface area contributed by atoms with Crippen molar-refractivity contribution in [3.05, 3.63) is 48.5 Å². The van der Waals surface area contributed by atoms with E-state index in [-0.39, 0.29) is 0 Å². The van der Waals surface area contributed by atoms with E-state index in [0.717, 1.165) is 21.2 Å². The van der Waals surface area contributed by atoms with E-state index in [1.54, 1.807) is 0 Å². The van der Waals surface area contributed by atoms with Crippen molar-refractivity contribution >= 4 is 36.6 Å². The van der Waals surface area contributed by atoms with Crippen LogP contribution >= 0.6 is 25.3 Å². The zero-order valence-corrected chi connectivity index (χ0v) is 10.2. The fourth-order valence-electron chi connectivity index (χ4n) is 1.21. The number of hydrogen-bond donors (Lipinski definition) is 2. The molecule has 0 aliphatic rings. The first kappa shape index (κ1) is 11.2. The number of rotatable bonds is 2. The Hall–Kier alpha value is -1.26. The van der Waals surface area contributed by atoms with Crippen LogP contribution in [0.5, 0.6) is 0 Å². The van der Waals surface area contributed by atoms with Gasteiger partial charge in [-0.2, -0.15) is 0 Å². The molecule has 0 N–H and O–H groups in total. The highest BCUT2D eigenvalue weighted by Gasteiger charge is 1.97. The highest BCUT2D eigenvalue weighted by molar-refractivity contribution is 7.80. The Morgan fingerprint density at radius 3 is 1.38 bits per heavy atom. The van der Waals surface area contributed by atoms with Crippen molar-refractivity contribution in [3.63, 3.8) is 0 Å². The van der Waals surface area contributed by atoms with Gasteiger partial charge in [-0.15, -0.1) is 35.5 Å². The Morgan fingerprint density at radius 2 is 1.00 bits per heavy atom. The van der Waals surface area contributed by atoms with Crippen molar-refractivity contribution < 1.29 is 0 Å². The molecule has 2 aromatic rings. The van der Waals surface area contributed by atoms with Crippen LogP contribution in [0.25, 0.3) is 0 Å². The zero-order chi connectivity index (χ0) is 11.4. The molecular formula is C12H10N2S2. The molecule has 16 heavy (non-hydrogen) atoms. The molecule has 0 aromatic heterocycles. The third-order valence-corrected chi connectivity index (χ3v) is 2.79. The zero-order valence-electron chi connectivity index (χ0n) is 8.41. The van der Waals surface area contributed by atoms with E-state index in [9.17, 15) is 0 Å². The first-order valence-corrected chi connectivity index (χ1v) is 5.64. The van der Waals surface area contributed by atoms with Gasteiger partial charge in [0.05, 0.1) is 11.4 Å². The molecule has 0 aliphatic heterocycles. The summed E-state index contributed by atoms with van der Waals surface area (Å²) in [5.41, 5.74) is 1.50. The molecule has 0 radical (unpaired) electrons. The number of benzene rings is 2. The molecule has 0 aliphatic carbocycles. The normalized spacial score (nSPS) is 10.9. The number of nitrogens with zero attached hydrogens (tertiary/aromatic N) is 2. The van der Waals surface area contributed by atoms with Crippen LogP contribution in [0.15, 0.2) is 68.6 Å². The van der Waals surface area contributed by atoms with E-state index < -0.39 is 0 Å². The third-order valence-electron chi connectivity index (χ3n) is 2.03. The van der Waals surface area contributed by atoms with Gasteiger partial charge in [0, 0.05) is 9.79 Å². The van der Waals surface area contributed by atoms with Gasteiger partial charge in [0.25, 0.3) is 0 Å². The van der Waals surface area contributed by atoms with Gasteiger partial charge in [-0.05, 0) is 24.3 Å². The minimum atomic E-state index is 0.752. The van der Waals surface area contributed by atoms with Gasteiger partial charge in [0.15, 0.2) is 0 Å². The first-order chi connectivity index (χ1) is 7.77. The van der Waals surface area contributed by atoms with Gasteiger partial charge in [-0.1, -0.05) is 24.3 Å². The standard InChI is InChI=1S/C12H10N2S2/c15-11-7-3-1-5-9(11)13-14-10-6-2-4-8-12(10)16/h1-8,15-16H. The van der Waals surface area contributed by atoms with Crippen LogP contribution in [0.1, 0.15) is 0 Å². The van der Waals surface area contributed by atoms with Crippen molar-refractivity contribution in [2.75, 3.05) is 0 Å². The summed E-state index contributed by atoms with van der Waals surface area (Å²) in [4.78, 5) is 1.62. The molecule has 0 saturated heterocycles. The monoisotopic (exact) mass is 246 g/mol. The molecule has 4 heteroatoms. The van der Waals surface area contributed by atoms with Crippen molar-refractivity contribution in [2.45, 2.75) is 9.79 Å². The van der Waals surface area contributed by atoms with E-state index in [0.29, 0.717) is 0 Å². The Kier molecular flexibility index (Phi) is 3.64. The quantitative estimate of drug-likeness (QED) is 0.568. The van der Waals surface area contributed by atoms with Crippen LogP contribution in [0.4, 0.5) is 11.4 Å². The fraction of sp³-hybridized carbons (Fsp3) is 0. The van der Waals surface area contributed by atoms with Gasteiger partial charge < -0.3 is 0 Å². The second-order valence-corrected chi connectivity index (χ2v) is 4.14. The first-order valence-electron chi connectivity index (χ1n) is 4.75. The molecule has 2 rings (SSSR count). The molecule has 0 spiro atoms. The average Bonchev–Trinajstić information content (AvgIpc) is 2.30. The number of hydrogen-bond acceptors (Lipinski definition) is 4. The predicted molar refractivity (Wildman–Crippen MR) is 71.6 cm³/mol. The van der Waals surface area contributed by atoms with Gasteiger partial charge >= 0.3 is 0 Å². The van der Waals surface area contributed by atoms with Gasteiger partial charge in [-0.3, -0.25) is 0 Å². The third kappa shape index (κ3) is 2.65. The summed E-state index contributed by atoms with van der Waals surface area (Å²) in [6.45, 7) is 0. The van der Waals surface area contributed by atoms with Crippen molar-refractivity contribution in [1.82, 2.24) is 0 Å². The van der Waals surface area contributed by atoms with Gasteiger partial charge in [0.1, 0.15) is 0 Å². The fourth-order valence-corrected chi connectivity index (χ4v) is 1.62. The lowest BCUT2D eigenvalue weighted by molar-refractivity contribution is 1.17. The molecule has 2 aromatic carbocycles. The molecule has 0 unspecified atom stereocenters. The van der Waals surface area contributed by atoms with E-state index in [1.807, 2.05) is 48.5 Å². The molecule has 0 fully saturated rings. The Balaban J connectivity index is 2.29. The minimum absolute atomic E-state index is 0.752. The number of thiol groups is 2. The van der Waals surface area contributed by atoms with Crippen LogP contribution in [0.3, 0.4) is 0 Å². The van der Waals surface area contributed by atoms with E-state index >= 15 is 0 Å². The molecule has 2 nitrogen and oxygen atoms in total. The Morgan fingerprint density at radius 1 is 0.625 bits per heavy atom. The molecule has 80 valence electrons. The lowest BCUT2D eigenvalue weighted by atomic mass is 10.3. The van der Waals surface area contributed by atoms with Crippen LogP contribution in [0, 0.1) is 0 Å². The lowest BCUT2D eigenvalue weighted by Crippen LogP contribution is -1.69. The van der Waals surface area contributed by atoms with Gasteiger partial charge in [0.2, 0.25) is 0 Å². The van der Waals surface area contributed by atoms with Crippen LogP contribution < -0.4 is 0 Å². The van der Waals surface area contributed by atoms with Crippen molar-refractivity contribution in [3.8, 4) is 0 Å². The lowest BCUT2D eigenvalue weighted by Gasteiger charge is -1.98. The molecule has 0 saturated carbocycles. The summed E-state index contributed by atoms with van der Waals surface area (Å²) >= 11 is 8.59. The maximum atomic E-state index is 4.30. The molecule has 0 heterocycles. The summed E-state index contributed by atoms with van der Waals surface area (Å²) in [5.74, 6) is 0. The Labute approximate surface area is 105 Å². The van der Waals surface area contributed by atoms with Crippen molar-refractivity contribution in [1.29, 1.82) is 0 Å². The highest BCUT2D eigenvalue weighted by Crippen LogP contribution is 2.27. The molecule has 0 atom stereocenters. The second kappa shape index (κ2) is 5.18. The van der Waals surface area contributed by atoms with E-state index in [1.165, 1.54) is 0 Å². The predicted octanol–water partition coefficient (Wildman–Crippen LogP) is 4.68. The molecular weight excluding hydrogens is 236 g/mol. The van der Waals surface area contributed by atoms with Crippen LogP contribution in [-0.4, -0.2) is 0 Å². The highest BCUT2D eigenvalue weighted by atomic mass is 32.1. The molecule has 0 amide bonds. The second-order valence-electron chi connectivity index (χ2n) is 3.18. The smallest absolute Gasteiger partial charge is 0.0990 e. The summed E-state index contributed by atoms with van der Waals surface area (Å²) in [7, 11) is 0. The van der Waals surface area contributed by atoms with E-state index in [2.05, 4.69) is 35.5 Å². The maximum absolute atomic E-state index is 4.30. The molecule has 0 bridgehead atoms. The summed E-state index contributed by atoms with van der Waals surface area (Å²) in [6, 6.07) is 15.1. The van der Waals surface area contributed by atoms with Crippen LogP contribution in [-0.2, 0) is 0 Å². The summed E-state index contributed by atoms with van der Waals surface area (Å²) in [6.07, 6.45) is 0. The Bertz CT molecular complexity index is 476. The van der Waals surface area contributed by atoms with Crippen LogP contribution in [0.2, 0.25) is 0 Å². The minimum Gasteiger partial charge on any atom is -0.149 e. The summed E-state index contributed by atoms with van der Waals surface area (Å²) < 4.78 is 0. The average molecular weight is 246 g/mol. The van der Waals surface area contributed by atoms with Crippen molar-refractivity contribution in [2.24, 2.45) is 10.2 Å². The largest absolute Gasteiger partial charge is 0.149 e.